The zero-order valence-electron chi connectivity index (χ0n) is 9.92. The summed E-state index contributed by atoms with van der Waals surface area (Å²) < 4.78 is 0. The van der Waals surface area contributed by atoms with Crippen molar-refractivity contribution in [2.75, 3.05) is 7.05 Å². The first-order valence-electron chi connectivity index (χ1n) is 5.23. The molecule has 1 aromatic rings. The number of amides is 1. The lowest BCUT2D eigenvalue weighted by Crippen LogP contribution is -2.18. The first-order valence-corrected chi connectivity index (χ1v) is 5.23. The monoisotopic (exact) mass is 205 g/mol. The molecule has 2 nitrogen and oxygen atoms in total. The van der Waals surface area contributed by atoms with Crippen LogP contribution in [0.25, 0.3) is 0 Å². The largest absolute Gasteiger partial charge is 0.355 e. The smallest absolute Gasteiger partial charge is 0.251 e. The van der Waals surface area contributed by atoms with E-state index >= 15 is 0 Å². The molecule has 2 heteroatoms. The molecular formula is C13H19NO. The van der Waals surface area contributed by atoms with E-state index in [1.807, 2.05) is 18.2 Å². The van der Waals surface area contributed by atoms with Crippen molar-refractivity contribution in [2.24, 2.45) is 5.41 Å². The molecule has 0 unspecified atom stereocenters. The highest BCUT2D eigenvalue weighted by Gasteiger charge is 2.12. The Morgan fingerprint density at radius 2 is 2.00 bits per heavy atom. The molecule has 1 amide bonds. The molecule has 1 aromatic carbocycles. The van der Waals surface area contributed by atoms with Crippen LogP contribution in [0.4, 0.5) is 0 Å². The topological polar surface area (TPSA) is 29.1 Å². The summed E-state index contributed by atoms with van der Waals surface area (Å²) in [7, 11) is 1.65. The highest BCUT2D eigenvalue weighted by atomic mass is 16.1. The number of benzene rings is 1. The zero-order valence-corrected chi connectivity index (χ0v) is 9.92. The molecule has 0 saturated heterocycles. The Hall–Kier alpha value is -1.31. The number of hydrogen-bond acceptors (Lipinski definition) is 1. The molecule has 0 aliphatic heterocycles. The molecule has 0 spiro atoms. The van der Waals surface area contributed by atoms with Crippen LogP contribution in [0.2, 0.25) is 0 Å². The molecule has 0 atom stereocenters. The molecule has 82 valence electrons. The van der Waals surface area contributed by atoms with Gasteiger partial charge in [0.05, 0.1) is 0 Å². The van der Waals surface area contributed by atoms with Gasteiger partial charge in [-0.05, 0) is 29.5 Å². The number of carbonyl (C=O) groups is 1. The fourth-order valence-corrected chi connectivity index (χ4v) is 1.58. The highest BCUT2D eigenvalue weighted by molar-refractivity contribution is 5.94. The van der Waals surface area contributed by atoms with E-state index in [4.69, 9.17) is 0 Å². The van der Waals surface area contributed by atoms with Gasteiger partial charge in [0.15, 0.2) is 0 Å². The van der Waals surface area contributed by atoms with Gasteiger partial charge in [-0.15, -0.1) is 0 Å². The van der Waals surface area contributed by atoms with Crippen LogP contribution in [0.1, 0.15) is 36.7 Å². The van der Waals surface area contributed by atoms with Crippen molar-refractivity contribution in [3.63, 3.8) is 0 Å². The van der Waals surface area contributed by atoms with Crippen LogP contribution in [0.15, 0.2) is 24.3 Å². The summed E-state index contributed by atoms with van der Waals surface area (Å²) in [5.41, 5.74) is 2.20. The number of nitrogens with one attached hydrogen (secondary N) is 1. The summed E-state index contributed by atoms with van der Waals surface area (Å²) in [6.45, 7) is 6.58. The molecule has 0 radical (unpaired) electrons. The average molecular weight is 205 g/mol. The van der Waals surface area contributed by atoms with Crippen molar-refractivity contribution in [1.82, 2.24) is 5.32 Å². The van der Waals surface area contributed by atoms with Crippen molar-refractivity contribution in [3.8, 4) is 0 Å². The molecule has 1 rings (SSSR count). The molecular weight excluding hydrogens is 186 g/mol. The lowest BCUT2D eigenvalue weighted by atomic mass is 9.88. The summed E-state index contributed by atoms with van der Waals surface area (Å²) in [6, 6.07) is 7.80. The Bertz CT molecular complexity index is 350. The van der Waals surface area contributed by atoms with Crippen molar-refractivity contribution in [1.29, 1.82) is 0 Å². The van der Waals surface area contributed by atoms with E-state index in [1.54, 1.807) is 7.05 Å². The fraction of sp³-hybridized carbons (Fsp3) is 0.462. The van der Waals surface area contributed by atoms with E-state index < -0.39 is 0 Å². The van der Waals surface area contributed by atoms with Gasteiger partial charge in [-0.2, -0.15) is 0 Å². The molecule has 0 aromatic heterocycles. The van der Waals surface area contributed by atoms with E-state index in [0.717, 1.165) is 12.0 Å². The third-order valence-electron chi connectivity index (χ3n) is 2.15. The zero-order chi connectivity index (χ0) is 11.5. The van der Waals surface area contributed by atoms with Crippen molar-refractivity contribution < 1.29 is 4.79 Å². The Kier molecular flexibility index (Phi) is 3.51. The second-order valence-corrected chi connectivity index (χ2v) is 5.02. The van der Waals surface area contributed by atoms with Gasteiger partial charge in [0.2, 0.25) is 0 Å². The summed E-state index contributed by atoms with van der Waals surface area (Å²) in [5.74, 6) is -0.0224. The van der Waals surface area contributed by atoms with E-state index in [9.17, 15) is 4.79 Å². The maximum Gasteiger partial charge on any atom is 0.251 e. The average Bonchev–Trinajstić information content (AvgIpc) is 2.14. The molecule has 0 bridgehead atoms. The van der Waals surface area contributed by atoms with E-state index in [0.29, 0.717) is 0 Å². The summed E-state index contributed by atoms with van der Waals surface area (Å²) in [6.07, 6.45) is 0.984. The normalized spacial score (nSPS) is 11.2. The van der Waals surface area contributed by atoms with Crippen LogP contribution in [-0.2, 0) is 6.42 Å². The molecule has 15 heavy (non-hydrogen) atoms. The summed E-state index contributed by atoms with van der Waals surface area (Å²) in [4.78, 5) is 11.4. The Morgan fingerprint density at radius 3 is 2.53 bits per heavy atom. The Morgan fingerprint density at radius 1 is 1.33 bits per heavy atom. The van der Waals surface area contributed by atoms with Gasteiger partial charge in [-0.25, -0.2) is 0 Å². The van der Waals surface area contributed by atoms with Crippen molar-refractivity contribution in [2.45, 2.75) is 27.2 Å². The third kappa shape index (κ3) is 3.74. The lowest BCUT2D eigenvalue weighted by Gasteiger charge is -2.18. The molecule has 0 fully saturated rings. The van der Waals surface area contributed by atoms with E-state index in [-0.39, 0.29) is 11.3 Å². The number of hydrogen-bond donors (Lipinski definition) is 1. The second-order valence-electron chi connectivity index (χ2n) is 5.02. The maximum absolute atomic E-state index is 11.4. The lowest BCUT2D eigenvalue weighted by molar-refractivity contribution is 0.0963. The van der Waals surface area contributed by atoms with E-state index in [1.165, 1.54) is 5.56 Å². The number of carbonyl (C=O) groups excluding carboxylic acids is 1. The Labute approximate surface area is 91.7 Å². The van der Waals surface area contributed by atoms with Crippen LogP contribution in [0.5, 0.6) is 0 Å². The van der Waals surface area contributed by atoms with Crippen molar-refractivity contribution in [3.05, 3.63) is 35.4 Å². The quantitative estimate of drug-likeness (QED) is 0.790. The molecule has 0 aliphatic carbocycles. The van der Waals surface area contributed by atoms with E-state index in [2.05, 4.69) is 32.2 Å². The van der Waals surface area contributed by atoms with Crippen LogP contribution in [-0.4, -0.2) is 13.0 Å². The van der Waals surface area contributed by atoms with Gasteiger partial charge in [0.1, 0.15) is 0 Å². The van der Waals surface area contributed by atoms with Gasteiger partial charge >= 0.3 is 0 Å². The van der Waals surface area contributed by atoms with Gasteiger partial charge in [0, 0.05) is 12.6 Å². The summed E-state index contributed by atoms with van der Waals surface area (Å²) >= 11 is 0. The molecule has 0 heterocycles. The van der Waals surface area contributed by atoms with Crippen molar-refractivity contribution >= 4 is 5.91 Å². The summed E-state index contributed by atoms with van der Waals surface area (Å²) in [5, 5.41) is 2.63. The standard InChI is InChI=1S/C13H19NO/c1-13(2,3)9-10-6-5-7-11(8-10)12(15)14-4/h5-8H,9H2,1-4H3,(H,14,15). The Balaban J connectivity index is 2.88. The third-order valence-corrected chi connectivity index (χ3v) is 2.15. The van der Waals surface area contributed by atoms with Gasteiger partial charge in [0.25, 0.3) is 5.91 Å². The molecule has 1 N–H and O–H groups in total. The maximum atomic E-state index is 11.4. The predicted molar refractivity (Wildman–Crippen MR) is 63.0 cm³/mol. The first-order chi connectivity index (χ1) is 6.92. The predicted octanol–water partition coefficient (Wildman–Crippen LogP) is 2.63. The first kappa shape index (κ1) is 11.8. The minimum atomic E-state index is -0.0224. The minimum Gasteiger partial charge on any atom is -0.355 e. The highest BCUT2D eigenvalue weighted by Crippen LogP contribution is 2.20. The number of rotatable bonds is 2. The fourth-order valence-electron chi connectivity index (χ4n) is 1.58. The van der Waals surface area contributed by atoms with Gasteiger partial charge in [-0.1, -0.05) is 32.9 Å². The second kappa shape index (κ2) is 4.47. The SMILES string of the molecule is CNC(=O)c1cccc(CC(C)(C)C)c1. The molecule has 0 aliphatic rings. The van der Waals surface area contributed by atoms with Gasteiger partial charge in [-0.3, -0.25) is 4.79 Å². The minimum absolute atomic E-state index is 0.0224. The van der Waals surface area contributed by atoms with Gasteiger partial charge < -0.3 is 5.32 Å². The molecule has 0 saturated carbocycles. The van der Waals surface area contributed by atoms with Crippen LogP contribution < -0.4 is 5.32 Å². The van der Waals surface area contributed by atoms with Crippen LogP contribution in [0.3, 0.4) is 0 Å². The van der Waals surface area contributed by atoms with Crippen LogP contribution >= 0.6 is 0 Å². The van der Waals surface area contributed by atoms with Crippen LogP contribution in [0, 0.1) is 5.41 Å².